The summed E-state index contributed by atoms with van der Waals surface area (Å²) in [4.78, 5) is 8.41. The van der Waals surface area contributed by atoms with Gasteiger partial charge >= 0.3 is 29.6 Å². The molecule has 0 bridgehead atoms. The molecule has 0 radical (unpaired) electrons. The van der Waals surface area contributed by atoms with E-state index in [1.54, 1.807) is 0 Å². The van der Waals surface area contributed by atoms with E-state index in [1.165, 1.54) is 0 Å². The second-order valence-corrected chi connectivity index (χ2v) is 0.713. The van der Waals surface area contributed by atoms with Crippen molar-refractivity contribution in [1.82, 2.24) is 0 Å². The maximum Gasteiger partial charge on any atom is 1.00 e. The van der Waals surface area contributed by atoms with Crippen LogP contribution in [-0.2, 0) is 4.57 Å². The molecular formula is HFNaO2P. The van der Waals surface area contributed by atoms with Crippen LogP contribution in [0.5, 0.6) is 0 Å². The third-order valence-corrected chi connectivity index (χ3v) is 0. The molecule has 0 saturated heterocycles. The molecule has 0 aromatic carbocycles. The van der Waals surface area contributed by atoms with Gasteiger partial charge in [0, 0.05) is 0 Å². The van der Waals surface area contributed by atoms with Crippen LogP contribution in [0.1, 0.15) is 0 Å². The van der Waals surface area contributed by atoms with Crippen LogP contribution in [0.2, 0.25) is 0 Å². The number of hydrogen-bond acceptors (Lipinski definition) is 2. The van der Waals surface area contributed by atoms with Gasteiger partial charge in [0.05, 0.1) is 0 Å². The molecule has 0 aromatic rings. The number of hydrogen-bond donors (Lipinski definition) is 0. The molecule has 0 rings (SSSR count). The molecule has 0 heterocycles. The van der Waals surface area contributed by atoms with Crippen molar-refractivity contribution >= 4 is 8.34 Å². The summed E-state index contributed by atoms with van der Waals surface area (Å²) < 4.78 is 18.4. The van der Waals surface area contributed by atoms with Crippen molar-refractivity contribution in [1.29, 1.82) is 0 Å². The van der Waals surface area contributed by atoms with E-state index in [-0.39, 0.29) is 29.6 Å². The predicted molar refractivity (Wildman–Crippen MR) is 10.1 cm³/mol. The average Bonchev–Trinajstić information content (AvgIpc) is 0.811. The normalized spacial score (nSPS) is 12.4. The molecule has 0 saturated carbocycles. The zero-order valence-electron chi connectivity index (χ0n) is 2.69. The number of rotatable bonds is 0. The summed E-state index contributed by atoms with van der Waals surface area (Å²) in [6, 6.07) is 0. The smallest absolute Gasteiger partial charge is 0.777 e. The van der Waals surface area contributed by atoms with Gasteiger partial charge in [-0.25, -0.2) is 4.20 Å². The Morgan fingerprint density at radius 2 is 1.80 bits per heavy atom. The van der Waals surface area contributed by atoms with Crippen LogP contribution in [0.15, 0.2) is 0 Å². The minimum atomic E-state index is -3.88. The topological polar surface area (TPSA) is 40.1 Å². The zero-order valence-corrected chi connectivity index (χ0v) is 5.69. The molecule has 0 aromatic heterocycles. The van der Waals surface area contributed by atoms with E-state index in [4.69, 9.17) is 9.46 Å². The second kappa shape index (κ2) is 5.12. The fourth-order valence-corrected chi connectivity index (χ4v) is 0. The molecule has 1 atom stereocenters. The molecule has 26 valence electrons. The van der Waals surface area contributed by atoms with Crippen molar-refractivity contribution in [2.24, 2.45) is 0 Å². The Hall–Kier alpha value is 1.12. The molecule has 1 unspecified atom stereocenters. The second-order valence-electron chi connectivity index (χ2n) is 0.238. The van der Waals surface area contributed by atoms with Crippen molar-refractivity contribution in [3.05, 3.63) is 0 Å². The maximum absolute atomic E-state index is 9.99. The third-order valence-electron chi connectivity index (χ3n) is 0. The SMILES string of the molecule is O=[PH]([O-])F.[Na+]. The summed E-state index contributed by atoms with van der Waals surface area (Å²) in [5, 5.41) is 0. The Morgan fingerprint density at radius 1 is 1.80 bits per heavy atom. The number of halogens is 1. The van der Waals surface area contributed by atoms with Gasteiger partial charge in [-0.2, -0.15) is 0 Å². The summed E-state index contributed by atoms with van der Waals surface area (Å²) in [5.41, 5.74) is 0. The molecule has 5 heavy (non-hydrogen) atoms. The van der Waals surface area contributed by atoms with E-state index < -0.39 is 8.34 Å². The van der Waals surface area contributed by atoms with Crippen LogP contribution in [0.4, 0.5) is 4.20 Å². The Morgan fingerprint density at radius 3 is 1.80 bits per heavy atom. The Bertz CT molecular complexity index is 32.6. The fourth-order valence-electron chi connectivity index (χ4n) is 0. The quantitative estimate of drug-likeness (QED) is 0.240. The fraction of sp³-hybridized carbons (Fsp3) is 0. The van der Waals surface area contributed by atoms with E-state index in [1.807, 2.05) is 0 Å². The zero-order chi connectivity index (χ0) is 3.58. The van der Waals surface area contributed by atoms with Crippen molar-refractivity contribution in [3.63, 3.8) is 0 Å². The van der Waals surface area contributed by atoms with Crippen molar-refractivity contribution in [3.8, 4) is 0 Å². The first-order valence-corrected chi connectivity index (χ1v) is 1.79. The molecule has 0 fully saturated rings. The minimum Gasteiger partial charge on any atom is -0.777 e. The molecule has 5 heteroatoms. The summed E-state index contributed by atoms with van der Waals surface area (Å²) >= 11 is 0. The molecule has 0 aliphatic carbocycles. The van der Waals surface area contributed by atoms with Crippen LogP contribution >= 0.6 is 8.34 Å². The molecule has 0 amide bonds. The first kappa shape index (κ1) is 9.45. The monoisotopic (exact) mass is 106 g/mol. The first-order chi connectivity index (χ1) is 1.73. The maximum atomic E-state index is 9.99. The predicted octanol–water partition coefficient (Wildman–Crippen LogP) is -3.29. The van der Waals surface area contributed by atoms with Crippen LogP contribution in [0.25, 0.3) is 0 Å². The van der Waals surface area contributed by atoms with E-state index in [9.17, 15) is 4.20 Å². The van der Waals surface area contributed by atoms with E-state index in [0.717, 1.165) is 0 Å². The van der Waals surface area contributed by atoms with Crippen LogP contribution in [0, 0.1) is 0 Å². The van der Waals surface area contributed by atoms with Gasteiger partial charge in [-0.1, -0.05) is 0 Å². The largest absolute Gasteiger partial charge is 1.00 e. The van der Waals surface area contributed by atoms with Gasteiger partial charge in [0.15, 0.2) is 8.34 Å². The van der Waals surface area contributed by atoms with Gasteiger partial charge in [-0.3, -0.25) is 0 Å². The Balaban J connectivity index is 0. The standard InChI is InChI=1S/FH2O2P.Na/c1-4(2)3;/h4H,(H,2,3);/q;+1/p-1. The van der Waals surface area contributed by atoms with Crippen LogP contribution in [0.3, 0.4) is 0 Å². The van der Waals surface area contributed by atoms with Gasteiger partial charge < -0.3 is 9.46 Å². The van der Waals surface area contributed by atoms with E-state index in [2.05, 4.69) is 0 Å². The van der Waals surface area contributed by atoms with Gasteiger partial charge in [-0.05, 0) is 0 Å². The summed E-state index contributed by atoms with van der Waals surface area (Å²) in [5.74, 6) is 0. The summed E-state index contributed by atoms with van der Waals surface area (Å²) in [6.07, 6.45) is 0. The Labute approximate surface area is 51.7 Å². The Kier molecular flexibility index (Phi) is 9.68. The summed E-state index contributed by atoms with van der Waals surface area (Å²) in [6.45, 7) is 0. The van der Waals surface area contributed by atoms with Crippen LogP contribution < -0.4 is 34.5 Å². The van der Waals surface area contributed by atoms with E-state index in [0.29, 0.717) is 0 Å². The van der Waals surface area contributed by atoms with Gasteiger partial charge in [-0.15, -0.1) is 0 Å². The molecule has 0 aliphatic heterocycles. The van der Waals surface area contributed by atoms with Crippen molar-refractivity contribution in [2.75, 3.05) is 0 Å². The van der Waals surface area contributed by atoms with Crippen molar-refractivity contribution < 1.29 is 43.2 Å². The molecular weight excluding hydrogens is 105 g/mol. The van der Waals surface area contributed by atoms with Gasteiger partial charge in [0.25, 0.3) is 0 Å². The van der Waals surface area contributed by atoms with E-state index >= 15 is 0 Å². The van der Waals surface area contributed by atoms with Gasteiger partial charge in [0.1, 0.15) is 0 Å². The molecule has 0 N–H and O–H groups in total. The minimum absolute atomic E-state index is 0. The summed E-state index contributed by atoms with van der Waals surface area (Å²) in [7, 11) is -3.88. The molecule has 2 nitrogen and oxygen atoms in total. The first-order valence-electron chi connectivity index (χ1n) is 0.597. The van der Waals surface area contributed by atoms with Gasteiger partial charge in [0.2, 0.25) is 0 Å². The third kappa shape index (κ3) is 39.7. The van der Waals surface area contributed by atoms with Crippen molar-refractivity contribution in [2.45, 2.75) is 0 Å². The molecule has 0 aliphatic rings. The van der Waals surface area contributed by atoms with Crippen LogP contribution in [-0.4, -0.2) is 0 Å². The molecule has 0 spiro atoms. The average molecular weight is 106 g/mol.